The van der Waals surface area contributed by atoms with Crippen LogP contribution in [0.5, 0.6) is 0 Å². The molecule has 0 saturated carbocycles. The molecule has 1 aromatic carbocycles. The van der Waals surface area contributed by atoms with Crippen molar-refractivity contribution in [3.8, 4) is 0 Å². The lowest BCUT2D eigenvalue weighted by atomic mass is 10.1. The van der Waals surface area contributed by atoms with Crippen molar-refractivity contribution in [2.45, 2.75) is 39.3 Å². The molecule has 4 rings (SSSR count). The average molecular weight is 344 g/mol. The van der Waals surface area contributed by atoms with Crippen molar-refractivity contribution in [2.24, 2.45) is 0 Å². The van der Waals surface area contributed by atoms with E-state index in [0.29, 0.717) is 22.4 Å². The fourth-order valence-electron chi connectivity index (χ4n) is 3.30. The number of carbonyl (C=O) groups is 1. The Hall–Kier alpha value is -2.28. The lowest BCUT2D eigenvalue weighted by molar-refractivity contribution is 0.0931. The van der Waals surface area contributed by atoms with E-state index in [4.69, 9.17) is 0 Å². The first-order chi connectivity index (χ1) is 11.5. The minimum absolute atomic E-state index is 0.0363. The van der Waals surface area contributed by atoms with Gasteiger partial charge in [0.2, 0.25) is 0 Å². The van der Waals surface area contributed by atoms with Crippen molar-refractivity contribution in [1.82, 2.24) is 20.1 Å². The van der Waals surface area contributed by atoms with Crippen molar-refractivity contribution >= 4 is 27.3 Å². The lowest BCUT2D eigenvalue weighted by Crippen LogP contribution is -2.41. The van der Waals surface area contributed by atoms with Gasteiger partial charge in [0.05, 0.1) is 4.88 Å². The summed E-state index contributed by atoms with van der Waals surface area (Å²) in [7, 11) is 0. The highest BCUT2D eigenvalue weighted by molar-refractivity contribution is 7.21. The molecule has 1 amide bonds. The highest BCUT2D eigenvalue weighted by Gasteiger charge is 2.25. The first-order valence-corrected chi connectivity index (χ1v) is 8.73. The maximum Gasteiger partial charge on any atom is 0.261 e. The van der Waals surface area contributed by atoms with Gasteiger partial charge in [-0.15, -0.1) is 21.5 Å². The average Bonchev–Trinajstić information content (AvgIpc) is 3.09. The van der Waals surface area contributed by atoms with Gasteiger partial charge in [0.25, 0.3) is 5.91 Å². The molecule has 1 N–H and O–H groups in total. The third-order valence-electron chi connectivity index (χ3n) is 4.58. The van der Waals surface area contributed by atoms with Crippen LogP contribution in [-0.4, -0.2) is 26.7 Å². The predicted octanol–water partition coefficient (Wildman–Crippen LogP) is 2.99. The lowest BCUT2D eigenvalue weighted by Gasteiger charge is -2.24. The molecule has 3 heterocycles. The van der Waals surface area contributed by atoms with E-state index in [0.717, 1.165) is 29.2 Å². The number of fused-ring (bicyclic) bond motifs is 2. The van der Waals surface area contributed by atoms with Crippen LogP contribution in [0, 0.1) is 19.7 Å². The van der Waals surface area contributed by atoms with Crippen molar-refractivity contribution in [3.63, 3.8) is 0 Å². The number of aromatic nitrogens is 3. The van der Waals surface area contributed by atoms with Crippen molar-refractivity contribution in [1.29, 1.82) is 0 Å². The van der Waals surface area contributed by atoms with E-state index in [1.165, 1.54) is 17.4 Å². The Morgan fingerprint density at radius 2 is 2.21 bits per heavy atom. The Labute approximate surface area is 142 Å². The molecule has 1 atom stereocenters. The molecule has 2 aromatic heterocycles. The number of halogens is 1. The Morgan fingerprint density at radius 3 is 3.00 bits per heavy atom. The van der Waals surface area contributed by atoms with Gasteiger partial charge < -0.3 is 9.88 Å². The number of nitrogens with one attached hydrogen (secondary N) is 1. The van der Waals surface area contributed by atoms with Crippen LogP contribution in [0.1, 0.15) is 33.3 Å². The van der Waals surface area contributed by atoms with Gasteiger partial charge in [0.1, 0.15) is 17.5 Å². The molecule has 0 fully saturated rings. The molecular formula is C17H17FN4OS. The molecule has 0 aliphatic carbocycles. The zero-order chi connectivity index (χ0) is 16.8. The summed E-state index contributed by atoms with van der Waals surface area (Å²) in [5, 5.41) is 11.9. The van der Waals surface area contributed by atoms with Gasteiger partial charge in [0.15, 0.2) is 0 Å². The molecule has 24 heavy (non-hydrogen) atoms. The number of hydrogen-bond donors (Lipinski definition) is 1. The largest absolute Gasteiger partial charge is 0.347 e. The van der Waals surface area contributed by atoms with Crippen LogP contribution >= 0.6 is 11.3 Å². The fourth-order valence-corrected chi connectivity index (χ4v) is 4.43. The van der Waals surface area contributed by atoms with E-state index in [9.17, 15) is 9.18 Å². The van der Waals surface area contributed by atoms with Gasteiger partial charge in [-0.3, -0.25) is 4.79 Å². The second kappa shape index (κ2) is 5.66. The molecule has 0 unspecified atom stereocenters. The Bertz CT molecular complexity index is 946. The van der Waals surface area contributed by atoms with Crippen LogP contribution in [0.2, 0.25) is 0 Å². The summed E-state index contributed by atoms with van der Waals surface area (Å²) in [4.78, 5) is 13.3. The summed E-state index contributed by atoms with van der Waals surface area (Å²) in [5.41, 5.74) is 0.711. The third-order valence-corrected chi connectivity index (χ3v) is 5.83. The van der Waals surface area contributed by atoms with Gasteiger partial charge in [0, 0.05) is 29.1 Å². The second-order valence-corrected chi connectivity index (χ2v) is 7.20. The molecule has 5 nitrogen and oxygen atoms in total. The number of benzene rings is 1. The Kier molecular flexibility index (Phi) is 3.60. The summed E-state index contributed by atoms with van der Waals surface area (Å²) in [6.07, 6.45) is 1.63. The van der Waals surface area contributed by atoms with Gasteiger partial charge >= 0.3 is 0 Å². The first kappa shape index (κ1) is 15.3. The zero-order valence-corrected chi connectivity index (χ0v) is 14.3. The van der Waals surface area contributed by atoms with E-state index < -0.39 is 0 Å². The number of rotatable bonds is 2. The molecule has 1 aliphatic rings. The van der Waals surface area contributed by atoms with Gasteiger partial charge in [-0.25, -0.2) is 4.39 Å². The summed E-state index contributed by atoms with van der Waals surface area (Å²) in [6, 6.07) is 4.99. The third kappa shape index (κ3) is 2.39. The monoisotopic (exact) mass is 344 g/mol. The van der Waals surface area contributed by atoms with E-state index in [1.807, 2.05) is 17.6 Å². The second-order valence-electron chi connectivity index (χ2n) is 6.15. The van der Waals surface area contributed by atoms with E-state index >= 15 is 0 Å². The molecule has 0 radical (unpaired) electrons. The summed E-state index contributed by atoms with van der Waals surface area (Å²) in [5.74, 6) is 1.43. The quantitative estimate of drug-likeness (QED) is 0.777. The van der Waals surface area contributed by atoms with Crippen LogP contribution in [0.25, 0.3) is 10.1 Å². The molecule has 1 aliphatic heterocycles. The molecule has 0 saturated heterocycles. The van der Waals surface area contributed by atoms with E-state index in [2.05, 4.69) is 15.5 Å². The van der Waals surface area contributed by atoms with Crippen molar-refractivity contribution < 1.29 is 9.18 Å². The fraction of sp³-hybridized carbons (Fsp3) is 0.353. The minimum atomic E-state index is -0.275. The first-order valence-electron chi connectivity index (χ1n) is 7.91. The highest BCUT2D eigenvalue weighted by Crippen LogP contribution is 2.32. The molecule has 0 bridgehead atoms. The minimum Gasteiger partial charge on any atom is -0.347 e. The normalized spacial score (nSPS) is 17.0. The number of thiophene rings is 1. The summed E-state index contributed by atoms with van der Waals surface area (Å²) in [6.45, 7) is 4.40. The smallest absolute Gasteiger partial charge is 0.261 e. The Balaban J connectivity index is 1.58. The number of aryl methyl sites for hydroxylation is 3. The van der Waals surface area contributed by atoms with Crippen LogP contribution in [-0.2, 0) is 13.0 Å². The van der Waals surface area contributed by atoms with Crippen LogP contribution in [0.3, 0.4) is 0 Å². The zero-order valence-electron chi connectivity index (χ0n) is 13.5. The maximum atomic E-state index is 14.0. The number of hydrogen-bond acceptors (Lipinski definition) is 4. The molecular weight excluding hydrogens is 327 g/mol. The molecule has 124 valence electrons. The number of carbonyl (C=O) groups excluding carboxylic acids is 1. The predicted molar refractivity (Wildman–Crippen MR) is 90.9 cm³/mol. The number of amides is 1. The van der Waals surface area contributed by atoms with Gasteiger partial charge in [-0.2, -0.15) is 0 Å². The maximum absolute atomic E-state index is 14.0. The summed E-state index contributed by atoms with van der Waals surface area (Å²) < 4.78 is 16.9. The van der Waals surface area contributed by atoms with Crippen molar-refractivity contribution in [2.75, 3.05) is 0 Å². The van der Waals surface area contributed by atoms with Crippen molar-refractivity contribution in [3.05, 3.63) is 46.1 Å². The highest BCUT2D eigenvalue weighted by atomic mass is 32.1. The topological polar surface area (TPSA) is 59.8 Å². The van der Waals surface area contributed by atoms with Crippen LogP contribution in [0.15, 0.2) is 18.2 Å². The standard InChI is InChI=1S/C17H17FN4OS/c1-9-15-12(18)4-3-5-13(15)24-16(9)17(23)19-11-6-7-14-21-20-10(2)22(14)8-11/h3-5,11H,6-8H2,1-2H3,(H,19,23)/t11-/m1/s1. The SMILES string of the molecule is Cc1c(C(=O)N[C@@H]2CCc3nnc(C)n3C2)sc2cccc(F)c12. The number of nitrogens with zero attached hydrogens (tertiary/aromatic N) is 3. The van der Waals surface area contributed by atoms with Crippen LogP contribution < -0.4 is 5.32 Å². The van der Waals surface area contributed by atoms with E-state index in [1.54, 1.807) is 13.0 Å². The van der Waals surface area contributed by atoms with E-state index in [-0.39, 0.29) is 17.8 Å². The van der Waals surface area contributed by atoms with Gasteiger partial charge in [-0.1, -0.05) is 6.07 Å². The van der Waals surface area contributed by atoms with Gasteiger partial charge in [-0.05, 0) is 38.0 Å². The molecule has 7 heteroatoms. The Morgan fingerprint density at radius 1 is 1.38 bits per heavy atom. The summed E-state index contributed by atoms with van der Waals surface area (Å²) >= 11 is 1.34. The molecule has 0 spiro atoms. The molecule has 3 aromatic rings. The van der Waals surface area contributed by atoms with Crippen LogP contribution in [0.4, 0.5) is 4.39 Å².